The van der Waals surface area contributed by atoms with Gasteiger partial charge in [0.25, 0.3) is 0 Å². The van der Waals surface area contributed by atoms with E-state index in [1.807, 2.05) is 36.9 Å². The smallest absolute Gasteiger partial charge is 0.122 e. The van der Waals surface area contributed by atoms with Gasteiger partial charge in [0.05, 0.1) is 17.8 Å². The van der Waals surface area contributed by atoms with E-state index < -0.39 is 0 Å². The molecular formula is C14H18N4OS. The average molecular weight is 290 g/mol. The number of nitrogens with two attached hydrogens (primary N) is 1. The first kappa shape index (κ1) is 14.5. The summed E-state index contributed by atoms with van der Waals surface area (Å²) in [5, 5.41) is 12.9. The molecule has 0 aliphatic heterocycles. The molecule has 2 aromatic rings. The van der Waals surface area contributed by atoms with Crippen LogP contribution in [0, 0.1) is 12.3 Å². The van der Waals surface area contributed by atoms with Gasteiger partial charge >= 0.3 is 0 Å². The molecule has 1 heterocycles. The van der Waals surface area contributed by atoms with Crippen molar-refractivity contribution in [1.82, 2.24) is 9.78 Å². The zero-order valence-corrected chi connectivity index (χ0v) is 12.6. The molecule has 0 unspecified atom stereocenters. The highest BCUT2D eigenvalue weighted by molar-refractivity contribution is 7.98. The van der Waals surface area contributed by atoms with E-state index in [0.29, 0.717) is 5.56 Å². The van der Waals surface area contributed by atoms with Gasteiger partial charge in [0.15, 0.2) is 0 Å². The van der Waals surface area contributed by atoms with Crippen molar-refractivity contribution in [3.63, 3.8) is 0 Å². The van der Waals surface area contributed by atoms with Crippen molar-refractivity contribution >= 4 is 17.6 Å². The quantitative estimate of drug-likeness (QED) is 0.503. The number of benzene rings is 1. The Bertz CT molecular complexity index is 636. The van der Waals surface area contributed by atoms with Gasteiger partial charge < -0.3 is 10.5 Å². The molecule has 6 heteroatoms. The number of nitrogens with one attached hydrogen (secondary N) is 1. The van der Waals surface area contributed by atoms with Gasteiger partial charge in [-0.3, -0.25) is 10.1 Å². The van der Waals surface area contributed by atoms with Gasteiger partial charge in [-0.1, -0.05) is 0 Å². The fraction of sp³-hybridized carbons (Fsp3) is 0.286. The highest BCUT2D eigenvalue weighted by Crippen LogP contribution is 2.28. The number of nitrogen functional groups attached to an aromatic ring is 1. The first-order valence-corrected chi connectivity index (χ1v) is 7.14. The van der Waals surface area contributed by atoms with Gasteiger partial charge in [0.2, 0.25) is 0 Å². The van der Waals surface area contributed by atoms with Gasteiger partial charge in [-0.05, 0) is 31.2 Å². The van der Waals surface area contributed by atoms with Crippen molar-refractivity contribution in [2.24, 2.45) is 12.8 Å². The zero-order valence-electron chi connectivity index (χ0n) is 11.8. The van der Waals surface area contributed by atoms with E-state index >= 15 is 0 Å². The second-order valence-electron chi connectivity index (χ2n) is 4.48. The number of aryl methyl sites for hydroxylation is 2. The zero-order chi connectivity index (χ0) is 14.7. The minimum absolute atomic E-state index is 0.0651. The number of amidine groups is 1. The third kappa shape index (κ3) is 3.14. The second-order valence-corrected chi connectivity index (χ2v) is 5.47. The summed E-state index contributed by atoms with van der Waals surface area (Å²) >= 11 is 1.68. The highest BCUT2D eigenvalue weighted by atomic mass is 32.2. The molecule has 20 heavy (non-hydrogen) atoms. The largest absolute Gasteiger partial charge is 0.496 e. The van der Waals surface area contributed by atoms with E-state index in [1.165, 1.54) is 0 Å². The Labute approximate surface area is 122 Å². The van der Waals surface area contributed by atoms with Crippen LogP contribution in [0.3, 0.4) is 0 Å². The lowest BCUT2D eigenvalue weighted by Gasteiger charge is -2.10. The van der Waals surface area contributed by atoms with Crippen molar-refractivity contribution in [2.75, 3.05) is 7.11 Å². The standard InChI is InChI=1S/C14H18N4OS/c1-9-6-13(18(2)17-9)20-8-11-7-10(14(15)16)4-5-12(11)19-3/h4-7H,8H2,1-3H3,(H3,15,16). The number of rotatable bonds is 5. The van der Waals surface area contributed by atoms with Crippen LogP contribution in [0.15, 0.2) is 29.3 Å². The fourth-order valence-corrected chi connectivity index (χ4v) is 2.94. The average Bonchev–Trinajstić information content (AvgIpc) is 2.74. The predicted octanol–water partition coefficient (Wildman–Crippen LogP) is 2.31. The van der Waals surface area contributed by atoms with E-state index in [-0.39, 0.29) is 5.84 Å². The predicted molar refractivity (Wildman–Crippen MR) is 81.5 cm³/mol. The van der Waals surface area contributed by atoms with Gasteiger partial charge in [-0.2, -0.15) is 5.10 Å². The monoisotopic (exact) mass is 290 g/mol. The van der Waals surface area contributed by atoms with E-state index in [0.717, 1.165) is 27.8 Å². The van der Waals surface area contributed by atoms with Gasteiger partial charge in [-0.15, -0.1) is 11.8 Å². The van der Waals surface area contributed by atoms with Gasteiger partial charge in [0.1, 0.15) is 11.6 Å². The molecule has 0 aliphatic carbocycles. The van der Waals surface area contributed by atoms with Crippen molar-refractivity contribution in [3.8, 4) is 5.75 Å². The summed E-state index contributed by atoms with van der Waals surface area (Å²) in [7, 11) is 3.57. The highest BCUT2D eigenvalue weighted by Gasteiger charge is 2.09. The van der Waals surface area contributed by atoms with Gasteiger partial charge in [-0.25, -0.2) is 0 Å². The van der Waals surface area contributed by atoms with Crippen LogP contribution in [0.4, 0.5) is 0 Å². The van der Waals surface area contributed by atoms with Crippen LogP contribution in [0.1, 0.15) is 16.8 Å². The van der Waals surface area contributed by atoms with Crippen molar-refractivity contribution in [1.29, 1.82) is 5.41 Å². The molecule has 5 nitrogen and oxygen atoms in total. The Morgan fingerprint density at radius 3 is 2.75 bits per heavy atom. The number of hydrogen-bond acceptors (Lipinski definition) is 4. The normalized spacial score (nSPS) is 10.6. The summed E-state index contributed by atoms with van der Waals surface area (Å²) in [6.07, 6.45) is 0. The number of hydrogen-bond donors (Lipinski definition) is 2. The maximum absolute atomic E-state index is 7.51. The van der Waals surface area contributed by atoms with Crippen LogP contribution >= 0.6 is 11.8 Å². The molecule has 3 N–H and O–H groups in total. The Hall–Kier alpha value is -1.95. The maximum atomic E-state index is 7.51. The molecule has 0 spiro atoms. The molecule has 106 valence electrons. The third-order valence-electron chi connectivity index (χ3n) is 2.93. The number of aromatic nitrogens is 2. The Morgan fingerprint density at radius 1 is 1.45 bits per heavy atom. The van der Waals surface area contributed by atoms with Crippen LogP contribution < -0.4 is 10.5 Å². The molecule has 1 aromatic heterocycles. The number of thioether (sulfide) groups is 1. The summed E-state index contributed by atoms with van der Waals surface area (Å²) in [4.78, 5) is 0. The Kier molecular flexibility index (Phi) is 4.34. The summed E-state index contributed by atoms with van der Waals surface area (Å²) in [5.41, 5.74) is 8.26. The molecule has 0 saturated heterocycles. The van der Waals surface area contributed by atoms with Crippen molar-refractivity contribution in [2.45, 2.75) is 17.7 Å². The first-order valence-electron chi connectivity index (χ1n) is 6.16. The molecule has 0 aliphatic rings. The lowest BCUT2D eigenvalue weighted by Crippen LogP contribution is -2.11. The molecular weight excluding hydrogens is 272 g/mol. The molecule has 1 aromatic carbocycles. The maximum Gasteiger partial charge on any atom is 0.122 e. The van der Waals surface area contributed by atoms with Crippen LogP contribution in [-0.4, -0.2) is 22.7 Å². The first-order chi connectivity index (χ1) is 9.51. The Morgan fingerprint density at radius 2 is 2.20 bits per heavy atom. The summed E-state index contributed by atoms with van der Waals surface area (Å²) in [6.45, 7) is 1.97. The van der Waals surface area contributed by atoms with Crippen molar-refractivity contribution < 1.29 is 4.74 Å². The summed E-state index contributed by atoms with van der Waals surface area (Å²) in [5.74, 6) is 1.61. The topological polar surface area (TPSA) is 76.9 Å². The third-order valence-corrected chi connectivity index (χ3v) is 4.06. The molecule has 0 fully saturated rings. The summed E-state index contributed by atoms with van der Waals surface area (Å²) in [6, 6.07) is 7.59. The van der Waals surface area contributed by atoms with Crippen LogP contribution in [0.2, 0.25) is 0 Å². The molecule has 0 atom stereocenters. The van der Waals surface area contributed by atoms with Crippen LogP contribution in [0.25, 0.3) is 0 Å². The lowest BCUT2D eigenvalue weighted by atomic mass is 10.1. The van der Waals surface area contributed by atoms with E-state index in [2.05, 4.69) is 5.10 Å². The minimum Gasteiger partial charge on any atom is -0.496 e. The second kappa shape index (κ2) is 6.00. The number of nitrogens with zero attached hydrogens (tertiary/aromatic N) is 2. The van der Waals surface area contributed by atoms with Crippen LogP contribution in [0.5, 0.6) is 5.75 Å². The molecule has 2 rings (SSSR count). The van der Waals surface area contributed by atoms with Crippen LogP contribution in [-0.2, 0) is 12.8 Å². The van der Waals surface area contributed by atoms with Gasteiger partial charge in [0, 0.05) is 23.9 Å². The number of methoxy groups -OCH3 is 1. The molecule has 0 bridgehead atoms. The van der Waals surface area contributed by atoms with E-state index in [9.17, 15) is 0 Å². The lowest BCUT2D eigenvalue weighted by molar-refractivity contribution is 0.411. The number of ether oxygens (including phenoxy) is 1. The molecule has 0 saturated carbocycles. The molecule has 0 amide bonds. The summed E-state index contributed by atoms with van der Waals surface area (Å²) < 4.78 is 7.22. The minimum atomic E-state index is 0.0651. The van der Waals surface area contributed by atoms with E-state index in [1.54, 1.807) is 24.9 Å². The molecule has 0 radical (unpaired) electrons. The Balaban J connectivity index is 2.21. The SMILES string of the molecule is COc1ccc(C(=N)N)cc1CSc1cc(C)nn1C. The fourth-order valence-electron chi connectivity index (χ4n) is 1.93. The van der Waals surface area contributed by atoms with E-state index in [4.69, 9.17) is 15.9 Å². The van der Waals surface area contributed by atoms with Crippen molar-refractivity contribution in [3.05, 3.63) is 41.1 Å².